The normalized spacial score (nSPS) is 12.1. The molecule has 0 bridgehead atoms. The van der Waals surface area contributed by atoms with Gasteiger partial charge in [0.2, 0.25) is 0 Å². The summed E-state index contributed by atoms with van der Waals surface area (Å²) in [5.74, 6) is 0. The van der Waals surface area contributed by atoms with Crippen LogP contribution in [0.25, 0.3) is 0 Å². The summed E-state index contributed by atoms with van der Waals surface area (Å²) in [5.41, 5.74) is 3.11. The van der Waals surface area contributed by atoms with Crippen LogP contribution < -0.4 is 0 Å². The molecule has 1 radical (unpaired) electrons. The minimum atomic E-state index is 0. The van der Waals surface area contributed by atoms with Crippen LogP contribution in [0.15, 0.2) is 18.2 Å². The predicted molar refractivity (Wildman–Crippen MR) is 69.8 cm³/mol. The van der Waals surface area contributed by atoms with Crippen molar-refractivity contribution in [2.75, 3.05) is 0 Å². The number of hydrogen-bond donors (Lipinski definition) is 0. The van der Waals surface area contributed by atoms with E-state index in [0.717, 1.165) is 0 Å². The Balaban J connectivity index is 0.00000196. The van der Waals surface area contributed by atoms with Crippen LogP contribution in [0.4, 0.5) is 0 Å². The van der Waals surface area contributed by atoms with Crippen LogP contribution in [0.5, 0.6) is 0 Å². The third-order valence-electron chi connectivity index (χ3n) is 2.48. The molecular weight excluding hydrogens is 207 g/mol. The summed E-state index contributed by atoms with van der Waals surface area (Å²) in [6.45, 7) is 13.4. The molecular formula is C14H22K. The molecule has 0 aliphatic rings. The summed E-state index contributed by atoms with van der Waals surface area (Å²) in [4.78, 5) is 0. The Labute approximate surface area is 137 Å². The van der Waals surface area contributed by atoms with E-state index in [1.54, 1.807) is 0 Å². The average Bonchev–Trinajstić information content (AvgIpc) is 2.01. The van der Waals surface area contributed by atoms with Gasteiger partial charge in [-0.1, -0.05) is 59.7 Å². The van der Waals surface area contributed by atoms with Crippen molar-refractivity contribution in [1.82, 2.24) is 0 Å². The van der Waals surface area contributed by atoms with Crippen molar-refractivity contribution in [2.24, 2.45) is 0 Å². The molecule has 0 amide bonds. The molecule has 1 rings (SSSR count). The molecule has 1 heteroatoms. The quantitative estimate of drug-likeness (QED) is 0.598. The fourth-order valence-electron chi connectivity index (χ4n) is 1.37. The summed E-state index contributed by atoms with van der Waals surface area (Å²) >= 11 is 0. The minimum absolute atomic E-state index is 0. The van der Waals surface area contributed by atoms with E-state index in [4.69, 9.17) is 0 Å². The molecule has 0 aliphatic carbocycles. The van der Waals surface area contributed by atoms with Crippen molar-refractivity contribution in [3.05, 3.63) is 35.4 Å². The molecule has 15 heavy (non-hydrogen) atoms. The monoisotopic (exact) mass is 229 g/mol. The first-order valence-corrected chi connectivity index (χ1v) is 5.24. The van der Waals surface area contributed by atoms with Gasteiger partial charge in [0.15, 0.2) is 0 Å². The Hall–Kier alpha value is 0.856. The number of hydrogen-bond acceptors (Lipinski definition) is 0. The Bertz CT molecular complexity index is 284. The molecule has 0 atom stereocenters. The molecule has 0 nitrogen and oxygen atoms in total. The SMILES string of the molecule is CC(C)(C)c1[c]ccc(C(C)(C)C)c1.[KH]. The van der Waals surface area contributed by atoms with Gasteiger partial charge >= 0.3 is 51.4 Å². The topological polar surface area (TPSA) is 0 Å². The van der Waals surface area contributed by atoms with Crippen molar-refractivity contribution in [2.45, 2.75) is 52.4 Å². The molecule has 1 aromatic rings. The van der Waals surface area contributed by atoms with Crippen molar-refractivity contribution < 1.29 is 0 Å². The summed E-state index contributed by atoms with van der Waals surface area (Å²) in [5, 5.41) is 0. The second-order valence-corrected chi connectivity index (χ2v) is 5.99. The zero-order valence-corrected chi connectivity index (χ0v) is 10.2. The fraction of sp³-hybridized carbons (Fsp3) is 0.571. The summed E-state index contributed by atoms with van der Waals surface area (Å²) < 4.78 is 0. The van der Waals surface area contributed by atoms with Gasteiger partial charge in [0, 0.05) is 0 Å². The third-order valence-corrected chi connectivity index (χ3v) is 2.48. The van der Waals surface area contributed by atoms with Crippen LogP contribution in [0, 0.1) is 6.07 Å². The molecule has 0 saturated carbocycles. The van der Waals surface area contributed by atoms with Crippen molar-refractivity contribution in [3.63, 3.8) is 0 Å². The van der Waals surface area contributed by atoms with Crippen molar-refractivity contribution in [3.8, 4) is 0 Å². The van der Waals surface area contributed by atoms with Gasteiger partial charge in [-0.2, -0.15) is 0 Å². The van der Waals surface area contributed by atoms with E-state index in [1.165, 1.54) is 11.1 Å². The van der Waals surface area contributed by atoms with Crippen LogP contribution in [0.3, 0.4) is 0 Å². The van der Waals surface area contributed by atoms with E-state index in [2.05, 4.69) is 59.7 Å². The molecule has 0 N–H and O–H groups in total. The first kappa shape index (κ1) is 15.9. The van der Waals surface area contributed by atoms with Gasteiger partial charge in [0.25, 0.3) is 0 Å². The molecule has 0 unspecified atom stereocenters. The van der Waals surface area contributed by atoms with Gasteiger partial charge in [-0.05, 0) is 28.0 Å². The Morgan fingerprint density at radius 1 is 0.933 bits per heavy atom. The maximum absolute atomic E-state index is 3.32. The van der Waals surface area contributed by atoms with Gasteiger partial charge in [-0.25, -0.2) is 0 Å². The summed E-state index contributed by atoms with van der Waals surface area (Å²) in [6, 6.07) is 9.80. The van der Waals surface area contributed by atoms with E-state index in [1.807, 2.05) is 6.07 Å². The molecule has 0 heterocycles. The maximum atomic E-state index is 3.32. The molecule has 0 saturated heterocycles. The van der Waals surface area contributed by atoms with Crippen LogP contribution in [-0.2, 0) is 10.8 Å². The zero-order chi connectivity index (χ0) is 11.0. The predicted octanol–water partition coefficient (Wildman–Crippen LogP) is 3.43. The van der Waals surface area contributed by atoms with Crippen LogP contribution >= 0.6 is 0 Å². The van der Waals surface area contributed by atoms with Gasteiger partial charge < -0.3 is 0 Å². The fourth-order valence-corrected chi connectivity index (χ4v) is 1.37. The van der Waals surface area contributed by atoms with Crippen LogP contribution in [-0.4, -0.2) is 51.4 Å². The molecule has 0 fully saturated rings. The van der Waals surface area contributed by atoms with E-state index >= 15 is 0 Å². The molecule has 0 aromatic heterocycles. The summed E-state index contributed by atoms with van der Waals surface area (Å²) in [6.07, 6.45) is 0. The van der Waals surface area contributed by atoms with Gasteiger partial charge in [0.1, 0.15) is 0 Å². The molecule has 0 spiro atoms. The van der Waals surface area contributed by atoms with E-state index < -0.39 is 0 Å². The van der Waals surface area contributed by atoms with Gasteiger partial charge in [-0.3, -0.25) is 0 Å². The van der Waals surface area contributed by atoms with E-state index in [0.29, 0.717) is 0 Å². The first-order valence-electron chi connectivity index (χ1n) is 5.24. The standard InChI is InChI=1S/C14H21.K.H/c1-13(2,3)11-8-7-9-12(10-11)14(4,5)6;;/h7-8,10H,1-6H3;;. The Morgan fingerprint density at radius 2 is 1.47 bits per heavy atom. The first-order chi connectivity index (χ1) is 6.21. The number of benzene rings is 1. The summed E-state index contributed by atoms with van der Waals surface area (Å²) in [7, 11) is 0. The second kappa shape index (κ2) is 5.46. The second-order valence-electron chi connectivity index (χ2n) is 5.99. The van der Waals surface area contributed by atoms with Crippen LogP contribution in [0.2, 0.25) is 0 Å². The van der Waals surface area contributed by atoms with Crippen molar-refractivity contribution >= 4 is 51.4 Å². The molecule has 79 valence electrons. The van der Waals surface area contributed by atoms with Crippen molar-refractivity contribution in [1.29, 1.82) is 0 Å². The third kappa shape index (κ3) is 4.70. The van der Waals surface area contributed by atoms with Gasteiger partial charge in [0.05, 0.1) is 0 Å². The average molecular weight is 229 g/mol. The van der Waals surface area contributed by atoms with E-state index in [-0.39, 0.29) is 62.2 Å². The van der Waals surface area contributed by atoms with E-state index in [9.17, 15) is 0 Å². The zero-order valence-electron chi connectivity index (χ0n) is 10.2. The Kier molecular flexibility index (Phi) is 5.77. The number of rotatable bonds is 0. The molecule has 1 aromatic carbocycles. The van der Waals surface area contributed by atoms with Crippen LogP contribution in [0.1, 0.15) is 52.7 Å². The Morgan fingerprint density at radius 3 is 1.87 bits per heavy atom. The van der Waals surface area contributed by atoms with Gasteiger partial charge in [-0.15, -0.1) is 0 Å². The molecule has 0 aliphatic heterocycles.